The van der Waals surface area contributed by atoms with Gasteiger partial charge in [-0.3, -0.25) is 4.79 Å². The molecule has 0 aliphatic rings. The highest BCUT2D eigenvalue weighted by molar-refractivity contribution is 5.82. The van der Waals surface area contributed by atoms with Gasteiger partial charge in [-0.2, -0.15) is 9.90 Å². The molecule has 0 bridgehead atoms. The molecule has 7 heteroatoms. The predicted molar refractivity (Wildman–Crippen MR) is 99.5 cm³/mol. The minimum atomic E-state index is -0.322. The third-order valence-electron chi connectivity index (χ3n) is 3.78. The van der Waals surface area contributed by atoms with Crippen LogP contribution in [0.2, 0.25) is 0 Å². The average molecular weight is 348 g/mol. The van der Waals surface area contributed by atoms with Gasteiger partial charge in [0, 0.05) is 5.56 Å². The normalized spacial score (nSPS) is 11.2. The molecule has 1 aromatic heterocycles. The van der Waals surface area contributed by atoms with Gasteiger partial charge in [0.1, 0.15) is 6.54 Å². The fraction of sp³-hybridized carbons (Fsp3) is 0.211. The van der Waals surface area contributed by atoms with Gasteiger partial charge in [0.2, 0.25) is 5.82 Å². The fourth-order valence-electron chi connectivity index (χ4n) is 2.32. The molecule has 26 heavy (non-hydrogen) atoms. The lowest BCUT2D eigenvalue weighted by Crippen LogP contribution is -2.24. The lowest BCUT2D eigenvalue weighted by molar-refractivity contribution is -0.122. The number of rotatable bonds is 6. The summed E-state index contributed by atoms with van der Waals surface area (Å²) in [6, 6.07) is 17.5. The van der Waals surface area contributed by atoms with E-state index in [1.807, 2.05) is 42.5 Å². The van der Waals surface area contributed by atoms with Crippen molar-refractivity contribution in [2.45, 2.75) is 26.3 Å². The number of tetrazole rings is 1. The molecule has 1 N–H and O–H groups in total. The van der Waals surface area contributed by atoms with Gasteiger partial charge in [0.05, 0.1) is 6.21 Å². The van der Waals surface area contributed by atoms with Crippen LogP contribution in [-0.2, 0) is 11.3 Å². The Kier molecular flexibility index (Phi) is 5.48. The van der Waals surface area contributed by atoms with Crippen LogP contribution in [0, 0.1) is 0 Å². The van der Waals surface area contributed by atoms with Gasteiger partial charge in [-0.1, -0.05) is 68.4 Å². The van der Waals surface area contributed by atoms with Gasteiger partial charge in [0.15, 0.2) is 0 Å². The second-order valence-electron chi connectivity index (χ2n) is 6.12. The molecule has 0 radical (unpaired) electrons. The van der Waals surface area contributed by atoms with Gasteiger partial charge >= 0.3 is 0 Å². The van der Waals surface area contributed by atoms with Crippen molar-refractivity contribution in [2.75, 3.05) is 0 Å². The minimum absolute atomic E-state index is 0.0521. The van der Waals surface area contributed by atoms with E-state index in [-0.39, 0.29) is 12.5 Å². The van der Waals surface area contributed by atoms with Crippen LogP contribution in [0.5, 0.6) is 0 Å². The number of carbonyl (C=O) groups excluding carboxylic acids is 1. The third-order valence-corrected chi connectivity index (χ3v) is 3.78. The zero-order valence-electron chi connectivity index (χ0n) is 14.7. The summed E-state index contributed by atoms with van der Waals surface area (Å²) in [5.74, 6) is 0.640. The molecule has 7 nitrogen and oxygen atoms in total. The van der Waals surface area contributed by atoms with E-state index < -0.39 is 0 Å². The van der Waals surface area contributed by atoms with Crippen molar-refractivity contribution < 1.29 is 4.79 Å². The molecule has 2 aromatic carbocycles. The SMILES string of the molecule is CC(C)c1ccc(/C=N/NC(=O)Cn2nnc(-c3ccccc3)n2)cc1. The number of hydrazone groups is 1. The Hall–Kier alpha value is -3.35. The third kappa shape index (κ3) is 4.60. The summed E-state index contributed by atoms with van der Waals surface area (Å²) in [4.78, 5) is 13.2. The Morgan fingerprint density at radius 1 is 1.15 bits per heavy atom. The van der Waals surface area contributed by atoms with Crippen molar-refractivity contribution in [1.29, 1.82) is 0 Å². The Morgan fingerprint density at radius 2 is 1.88 bits per heavy atom. The maximum absolute atomic E-state index is 11.9. The van der Waals surface area contributed by atoms with Crippen LogP contribution in [0.3, 0.4) is 0 Å². The molecular weight excluding hydrogens is 328 g/mol. The van der Waals surface area contributed by atoms with Crippen molar-refractivity contribution in [2.24, 2.45) is 5.10 Å². The Labute approximate surface area is 151 Å². The first kappa shape index (κ1) is 17.5. The number of aromatic nitrogens is 4. The van der Waals surface area contributed by atoms with Crippen molar-refractivity contribution in [1.82, 2.24) is 25.6 Å². The maximum Gasteiger partial charge on any atom is 0.263 e. The van der Waals surface area contributed by atoms with Gasteiger partial charge < -0.3 is 0 Å². The first-order valence-electron chi connectivity index (χ1n) is 8.37. The first-order chi connectivity index (χ1) is 12.6. The molecule has 0 aliphatic carbocycles. The molecule has 3 aromatic rings. The second kappa shape index (κ2) is 8.15. The standard InChI is InChI=1S/C19H20N6O/c1-14(2)16-10-8-15(9-11-16)12-20-21-18(26)13-25-23-19(22-24-25)17-6-4-3-5-7-17/h3-12,14H,13H2,1-2H3,(H,21,26)/b20-12+. The van der Waals surface area contributed by atoms with E-state index in [0.717, 1.165) is 11.1 Å². The second-order valence-corrected chi connectivity index (χ2v) is 6.12. The molecule has 0 atom stereocenters. The zero-order chi connectivity index (χ0) is 18.4. The molecule has 0 spiro atoms. The summed E-state index contributed by atoms with van der Waals surface area (Å²) in [6.07, 6.45) is 1.60. The van der Waals surface area contributed by atoms with Crippen LogP contribution >= 0.6 is 0 Å². The number of hydrogen-bond donors (Lipinski definition) is 1. The number of nitrogens with zero attached hydrogens (tertiary/aromatic N) is 5. The number of nitrogens with one attached hydrogen (secondary N) is 1. The van der Waals surface area contributed by atoms with E-state index in [2.05, 4.69) is 51.9 Å². The van der Waals surface area contributed by atoms with Crippen LogP contribution in [0.25, 0.3) is 11.4 Å². The molecule has 0 aliphatic heterocycles. The smallest absolute Gasteiger partial charge is 0.263 e. The van der Waals surface area contributed by atoms with Crippen LogP contribution in [0.1, 0.15) is 30.9 Å². The molecular formula is C19H20N6O. The number of amides is 1. The summed E-state index contributed by atoms with van der Waals surface area (Å²) in [5, 5.41) is 16.0. The van der Waals surface area contributed by atoms with Crippen LogP contribution in [0.4, 0.5) is 0 Å². The van der Waals surface area contributed by atoms with E-state index >= 15 is 0 Å². The molecule has 1 heterocycles. The van der Waals surface area contributed by atoms with E-state index in [4.69, 9.17) is 0 Å². The largest absolute Gasteiger partial charge is 0.271 e. The molecule has 0 saturated carbocycles. The summed E-state index contributed by atoms with van der Waals surface area (Å²) >= 11 is 0. The van der Waals surface area contributed by atoms with E-state index in [0.29, 0.717) is 11.7 Å². The summed E-state index contributed by atoms with van der Waals surface area (Å²) in [5.41, 5.74) is 5.50. The quantitative estimate of drug-likeness (QED) is 0.548. The Balaban J connectivity index is 1.53. The van der Waals surface area contributed by atoms with Crippen LogP contribution in [0.15, 0.2) is 59.7 Å². The van der Waals surface area contributed by atoms with Gasteiger partial charge in [-0.25, -0.2) is 5.43 Å². The summed E-state index contributed by atoms with van der Waals surface area (Å²) in [7, 11) is 0. The van der Waals surface area contributed by atoms with E-state index in [9.17, 15) is 4.79 Å². The molecule has 132 valence electrons. The number of benzene rings is 2. The average Bonchev–Trinajstić information content (AvgIpc) is 3.11. The Bertz CT molecular complexity index is 884. The summed E-state index contributed by atoms with van der Waals surface area (Å²) < 4.78 is 0. The van der Waals surface area contributed by atoms with Crippen molar-refractivity contribution in [3.8, 4) is 11.4 Å². The van der Waals surface area contributed by atoms with E-state index in [1.165, 1.54) is 10.4 Å². The Morgan fingerprint density at radius 3 is 2.58 bits per heavy atom. The molecule has 0 unspecified atom stereocenters. The molecule has 3 rings (SSSR count). The highest BCUT2D eigenvalue weighted by atomic mass is 16.2. The lowest BCUT2D eigenvalue weighted by atomic mass is 10.0. The van der Waals surface area contributed by atoms with Crippen molar-refractivity contribution in [3.63, 3.8) is 0 Å². The van der Waals surface area contributed by atoms with Crippen molar-refractivity contribution in [3.05, 3.63) is 65.7 Å². The van der Waals surface area contributed by atoms with Crippen LogP contribution < -0.4 is 5.43 Å². The van der Waals surface area contributed by atoms with Gasteiger partial charge in [-0.15, -0.1) is 10.2 Å². The molecule has 0 saturated heterocycles. The van der Waals surface area contributed by atoms with Crippen LogP contribution in [-0.4, -0.2) is 32.3 Å². The first-order valence-corrected chi connectivity index (χ1v) is 8.37. The predicted octanol–water partition coefficient (Wildman–Crippen LogP) is 2.61. The van der Waals surface area contributed by atoms with E-state index in [1.54, 1.807) is 6.21 Å². The number of hydrogen-bond acceptors (Lipinski definition) is 5. The zero-order valence-corrected chi connectivity index (χ0v) is 14.7. The van der Waals surface area contributed by atoms with Crippen molar-refractivity contribution >= 4 is 12.1 Å². The minimum Gasteiger partial charge on any atom is -0.271 e. The lowest BCUT2D eigenvalue weighted by Gasteiger charge is -2.04. The monoisotopic (exact) mass is 348 g/mol. The summed E-state index contributed by atoms with van der Waals surface area (Å²) in [6.45, 7) is 4.23. The van der Waals surface area contributed by atoms with Gasteiger partial charge in [-0.05, 0) is 22.3 Å². The highest BCUT2D eigenvalue weighted by Crippen LogP contribution is 2.14. The topological polar surface area (TPSA) is 85.1 Å². The number of carbonyl (C=O) groups is 1. The fourth-order valence-corrected chi connectivity index (χ4v) is 2.32. The molecule has 1 amide bonds. The van der Waals surface area contributed by atoms with Gasteiger partial charge in [0.25, 0.3) is 5.91 Å². The molecule has 0 fully saturated rings. The highest BCUT2D eigenvalue weighted by Gasteiger charge is 2.08. The maximum atomic E-state index is 11.9.